The molecule has 20 heavy (non-hydrogen) atoms. The zero-order valence-electron chi connectivity index (χ0n) is 11.1. The van der Waals surface area contributed by atoms with E-state index in [1.807, 2.05) is 24.3 Å². The molecule has 0 spiro atoms. The third kappa shape index (κ3) is 1.63. The Kier molecular flexibility index (Phi) is 2.54. The standard InChI is InChI=1S/C17H16N2O/c20-15-8-4-2-6-13(15)16-17-12(9-10-18-16)11-5-1-3-7-14(11)19-17/h1-8,16,18-20H,9-10H2/t16-/m1/s1. The molecule has 0 bridgehead atoms. The molecule has 1 aliphatic heterocycles. The molecule has 3 heteroatoms. The van der Waals surface area contributed by atoms with Crippen LogP contribution < -0.4 is 5.32 Å². The molecule has 1 atom stereocenters. The molecule has 0 aliphatic carbocycles. The zero-order chi connectivity index (χ0) is 13.5. The normalized spacial score (nSPS) is 18.1. The summed E-state index contributed by atoms with van der Waals surface area (Å²) >= 11 is 0. The van der Waals surface area contributed by atoms with Gasteiger partial charge in [0.25, 0.3) is 0 Å². The summed E-state index contributed by atoms with van der Waals surface area (Å²) in [7, 11) is 0. The number of benzene rings is 2. The summed E-state index contributed by atoms with van der Waals surface area (Å²) < 4.78 is 0. The number of aromatic hydroxyl groups is 1. The third-order valence-electron chi connectivity index (χ3n) is 4.11. The first-order valence-electron chi connectivity index (χ1n) is 6.95. The Labute approximate surface area is 117 Å². The summed E-state index contributed by atoms with van der Waals surface area (Å²) in [6, 6.07) is 16.0. The molecule has 2 heterocycles. The second-order valence-corrected chi connectivity index (χ2v) is 5.26. The van der Waals surface area contributed by atoms with Crippen LogP contribution in [0.15, 0.2) is 48.5 Å². The Morgan fingerprint density at radius 1 is 1.00 bits per heavy atom. The molecule has 0 unspecified atom stereocenters. The maximum absolute atomic E-state index is 10.1. The van der Waals surface area contributed by atoms with Gasteiger partial charge in [0.05, 0.1) is 6.04 Å². The summed E-state index contributed by atoms with van der Waals surface area (Å²) in [5, 5.41) is 14.9. The van der Waals surface area contributed by atoms with Crippen molar-refractivity contribution in [3.05, 3.63) is 65.4 Å². The quantitative estimate of drug-likeness (QED) is 0.632. The van der Waals surface area contributed by atoms with Gasteiger partial charge in [-0.2, -0.15) is 0 Å². The number of nitrogens with one attached hydrogen (secondary N) is 2. The van der Waals surface area contributed by atoms with E-state index in [0.29, 0.717) is 5.75 Å². The molecule has 0 radical (unpaired) electrons. The van der Waals surface area contributed by atoms with E-state index < -0.39 is 0 Å². The summed E-state index contributed by atoms with van der Waals surface area (Å²) in [4.78, 5) is 3.52. The minimum atomic E-state index is 0.0346. The number of hydrogen-bond acceptors (Lipinski definition) is 2. The number of rotatable bonds is 1. The number of aromatic amines is 1. The largest absolute Gasteiger partial charge is 0.508 e. The summed E-state index contributed by atoms with van der Waals surface area (Å²) in [6.07, 6.45) is 1.02. The molecule has 1 aromatic heterocycles. The number of fused-ring (bicyclic) bond motifs is 3. The Morgan fingerprint density at radius 3 is 2.70 bits per heavy atom. The Hall–Kier alpha value is -2.26. The number of hydrogen-bond donors (Lipinski definition) is 3. The molecule has 2 aromatic carbocycles. The Bertz CT molecular complexity index is 776. The van der Waals surface area contributed by atoms with Crippen molar-refractivity contribution in [3.8, 4) is 5.75 Å². The van der Waals surface area contributed by atoms with Crippen molar-refractivity contribution in [3.63, 3.8) is 0 Å². The van der Waals surface area contributed by atoms with Crippen LogP contribution in [0, 0.1) is 0 Å². The Morgan fingerprint density at radius 2 is 1.80 bits per heavy atom. The van der Waals surface area contributed by atoms with E-state index >= 15 is 0 Å². The van der Waals surface area contributed by atoms with Crippen molar-refractivity contribution < 1.29 is 5.11 Å². The van der Waals surface area contributed by atoms with Crippen molar-refractivity contribution in [1.82, 2.24) is 10.3 Å². The highest BCUT2D eigenvalue weighted by Gasteiger charge is 2.26. The minimum Gasteiger partial charge on any atom is -0.508 e. The maximum atomic E-state index is 10.1. The molecule has 0 saturated carbocycles. The molecule has 4 rings (SSSR count). The second kappa shape index (κ2) is 4.39. The first-order valence-corrected chi connectivity index (χ1v) is 6.95. The maximum Gasteiger partial charge on any atom is 0.120 e. The van der Waals surface area contributed by atoms with E-state index in [9.17, 15) is 5.11 Å². The molecule has 3 aromatic rings. The monoisotopic (exact) mass is 264 g/mol. The zero-order valence-corrected chi connectivity index (χ0v) is 11.1. The van der Waals surface area contributed by atoms with E-state index in [1.54, 1.807) is 6.07 Å². The molecule has 3 nitrogen and oxygen atoms in total. The van der Waals surface area contributed by atoms with E-state index in [0.717, 1.165) is 18.5 Å². The van der Waals surface area contributed by atoms with Gasteiger partial charge in [-0.15, -0.1) is 0 Å². The first-order chi connectivity index (χ1) is 9.84. The molecule has 1 aliphatic rings. The van der Waals surface area contributed by atoms with Crippen LogP contribution in [0.5, 0.6) is 5.75 Å². The van der Waals surface area contributed by atoms with Crippen molar-refractivity contribution in [1.29, 1.82) is 0 Å². The van der Waals surface area contributed by atoms with Crippen molar-refractivity contribution in [2.45, 2.75) is 12.5 Å². The highest BCUT2D eigenvalue weighted by atomic mass is 16.3. The fourth-order valence-corrected chi connectivity index (χ4v) is 3.18. The molecule has 3 N–H and O–H groups in total. The van der Waals surface area contributed by atoms with Gasteiger partial charge in [0.1, 0.15) is 5.75 Å². The van der Waals surface area contributed by atoms with E-state index in [2.05, 4.69) is 28.5 Å². The van der Waals surface area contributed by atoms with Crippen molar-refractivity contribution in [2.75, 3.05) is 6.54 Å². The SMILES string of the molecule is Oc1ccccc1[C@H]1NCCc2c1[nH]c1ccccc21. The van der Waals surface area contributed by atoms with E-state index in [4.69, 9.17) is 0 Å². The molecule has 0 saturated heterocycles. The lowest BCUT2D eigenvalue weighted by molar-refractivity contribution is 0.452. The summed E-state index contributed by atoms with van der Waals surface area (Å²) in [6.45, 7) is 0.924. The summed E-state index contributed by atoms with van der Waals surface area (Å²) in [5.41, 5.74) is 4.65. The molecular formula is C17H16N2O. The number of H-pyrrole nitrogens is 1. The fraction of sp³-hybridized carbons (Fsp3) is 0.176. The predicted octanol–water partition coefficient (Wildman–Crippen LogP) is 3.11. The van der Waals surface area contributed by atoms with Crippen LogP contribution in [0.25, 0.3) is 10.9 Å². The van der Waals surface area contributed by atoms with Crippen LogP contribution in [0.4, 0.5) is 0 Å². The van der Waals surface area contributed by atoms with Gasteiger partial charge in [0, 0.05) is 28.7 Å². The van der Waals surface area contributed by atoms with Crippen molar-refractivity contribution in [2.24, 2.45) is 0 Å². The number of para-hydroxylation sites is 2. The highest BCUT2D eigenvalue weighted by molar-refractivity contribution is 5.85. The molecule has 100 valence electrons. The van der Waals surface area contributed by atoms with Gasteiger partial charge in [-0.05, 0) is 24.1 Å². The van der Waals surface area contributed by atoms with Gasteiger partial charge in [-0.25, -0.2) is 0 Å². The van der Waals surface area contributed by atoms with Gasteiger partial charge in [-0.1, -0.05) is 36.4 Å². The summed E-state index contributed by atoms with van der Waals surface area (Å²) in [5.74, 6) is 0.344. The second-order valence-electron chi connectivity index (χ2n) is 5.26. The van der Waals surface area contributed by atoms with Crippen LogP contribution in [0.3, 0.4) is 0 Å². The lowest BCUT2D eigenvalue weighted by atomic mass is 9.94. The minimum absolute atomic E-state index is 0.0346. The van der Waals surface area contributed by atoms with Gasteiger partial charge in [-0.3, -0.25) is 0 Å². The van der Waals surface area contributed by atoms with E-state index in [-0.39, 0.29) is 6.04 Å². The van der Waals surface area contributed by atoms with Gasteiger partial charge in [0.15, 0.2) is 0 Å². The van der Waals surface area contributed by atoms with Crippen LogP contribution in [0.2, 0.25) is 0 Å². The van der Waals surface area contributed by atoms with Gasteiger partial charge >= 0.3 is 0 Å². The third-order valence-corrected chi connectivity index (χ3v) is 4.11. The van der Waals surface area contributed by atoms with Crippen LogP contribution in [0.1, 0.15) is 22.9 Å². The van der Waals surface area contributed by atoms with E-state index in [1.165, 1.54) is 22.2 Å². The number of aromatic nitrogens is 1. The Balaban J connectivity index is 1.92. The molecular weight excluding hydrogens is 248 g/mol. The molecule has 0 amide bonds. The highest BCUT2D eigenvalue weighted by Crippen LogP contribution is 2.36. The molecule has 0 fully saturated rings. The van der Waals surface area contributed by atoms with Crippen molar-refractivity contribution >= 4 is 10.9 Å². The van der Waals surface area contributed by atoms with Crippen LogP contribution >= 0.6 is 0 Å². The van der Waals surface area contributed by atoms with Crippen LogP contribution in [-0.4, -0.2) is 16.6 Å². The average Bonchev–Trinajstić information content (AvgIpc) is 2.86. The lowest BCUT2D eigenvalue weighted by Gasteiger charge is -2.25. The predicted molar refractivity (Wildman–Crippen MR) is 80.0 cm³/mol. The number of phenols is 1. The first kappa shape index (κ1) is 11.6. The number of phenolic OH excluding ortho intramolecular Hbond substituents is 1. The fourth-order valence-electron chi connectivity index (χ4n) is 3.18. The van der Waals surface area contributed by atoms with Crippen LogP contribution in [-0.2, 0) is 6.42 Å². The lowest BCUT2D eigenvalue weighted by Crippen LogP contribution is -2.30. The van der Waals surface area contributed by atoms with Gasteiger partial charge < -0.3 is 15.4 Å². The average molecular weight is 264 g/mol. The smallest absolute Gasteiger partial charge is 0.120 e. The topological polar surface area (TPSA) is 48.0 Å². The van der Waals surface area contributed by atoms with Gasteiger partial charge in [0.2, 0.25) is 0 Å².